The van der Waals surface area contributed by atoms with Crippen LogP contribution in [0, 0.1) is 20.8 Å². The second-order valence-electron chi connectivity index (χ2n) is 6.00. The van der Waals surface area contributed by atoms with Gasteiger partial charge in [-0.3, -0.25) is 10.1 Å². The number of ether oxygens (including phenoxy) is 1. The zero-order valence-corrected chi connectivity index (χ0v) is 16.3. The average Bonchev–Trinajstić information content (AvgIpc) is 3.10. The zero-order chi connectivity index (χ0) is 18.8. The molecule has 0 spiro atoms. The first-order valence-corrected chi connectivity index (χ1v) is 9.17. The Bertz CT molecular complexity index is 1000. The van der Waals surface area contributed by atoms with Gasteiger partial charge in [0.2, 0.25) is 11.0 Å². The van der Waals surface area contributed by atoms with Crippen LogP contribution in [0.15, 0.2) is 22.6 Å². The summed E-state index contributed by atoms with van der Waals surface area (Å²) in [5, 5.41) is 12.8. The third-order valence-electron chi connectivity index (χ3n) is 4.11. The van der Waals surface area contributed by atoms with Gasteiger partial charge in [-0.1, -0.05) is 11.3 Å². The molecule has 0 aliphatic heterocycles. The largest absolute Gasteiger partial charge is 0.493 e. The lowest BCUT2D eigenvalue weighted by Crippen LogP contribution is -2.08. The van der Waals surface area contributed by atoms with Crippen LogP contribution in [-0.4, -0.2) is 22.7 Å². The summed E-state index contributed by atoms with van der Waals surface area (Å²) in [5.41, 5.74) is 3.54. The highest BCUT2D eigenvalue weighted by Crippen LogP contribution is 2.35. The van der Waals surface area contributed by atoms with E-state index >= 15 is 0 Å². The molecule has 1 N–H and O–H groups in total. The number of hydrogen-bond donors (Lipinski definition) is 1. The third kappa shape index (κ3) is 3.62. The minimum absolute atomic E-state index is 0.249. The summed E-state index contributed by atoms with van der Waals surface area (Å²) in [7, 11) is 0. The number of nitrogens with one attached hydrogen (secondary N) is 1. The fraction of sp³-hybridized carbons (Fsp3) is 0.316. The highest BCUT2D eigenvalue weighted by atomic mass is 32.1. The first-order chi connectivity index (χ1) is 12.4. The van der Waals surface area contributed by atoms with E-state index in [-0.39, 0.29) is 5.91 Å². The van der Waals surface area contributed by atoms with Crippen LogP contribution in [0.25, 0.3) is 16.5 Å². The molecule has 7 heteroatoms. The van der Waals surface area contributed by atoms with E-state index in [0.29, 0.717) is 17.5 Å². The summed E-state index contributed by atoms with van der Waals surface area (Å²) in [6.07, 6.45) is 1.54. The molecule has 3 aromatic rings. The first kappa shape index (κ1) is 18.1. The molecule has 1 aromatic carbocycles. The predicted octanol–water partition coefficient (Wildman–Crippen LogP) is 4.65. The van der Waals surface area contributed by atoms with Gasteiger partial charge < -0.3 is 9.15 Å². The van der Waals surface area contributed by atoms with Crippen molar-refractivity contribution >= 4 is 38.9 Å². The van der Waals surface area contributed by atoms with Crippen molar-refractivity contribution < 1.29 is 13.9 Å². The highest BCUT2D eigenvalue weighted by Gasteiger charge is 2.15. The van der Waals surface area contributed by atoms with Crippen LogP contribution in [-0.2, 0) is 4.79 Å². The topological polar surface area (TPSA) is 77.2 Å². The van der Waals surface area contributed by atoms with Crippen molar-refractivity contribution in [1.82, 2.24) is 10.2 Å². The van der Waals surface area contributed by atoms with E-state index in [4.69, 9.17) is 9.15 Å². The molecule has 0 bridgehead atoms. The number of carbonyl (C=O) groups excluding carboxylic acids is 1. The Morgan fingerprint density at radius 3 is 2.73 bits per heavy atom. The van der Waals surface area contributed by atoms with Gasteiger partial charge >= 0.3 is 0 Å². The fourth-order valence-corrected chi connectivity index (χ4v) is 3.31. The lowest BCUT2D eigenvalue weighted by molar-refractivity contribution is -0.111. The molecule has 136 valence electrons. The number of aryl methyl sites for hydroxylation is 3. The Labute approximate surface area is 155 Å². The number of aromatic nitrogens is 2. The van der Waals surface area contributed by atoms with Gasteiger partial charge in [-0.2, -0.15) is 0 Å². The van der Waals surface area contributed by atoms with Gasteiger partial charge in [0.1, 0.15) is 22.1 Å². The zero-order valence-electron chi connectivity index (χ0n) is 15.5. The van der Waals surface area contributed by atoms with Gasteiger partial charge in [-0.15, -0.1) is 10.2 Å². The van der Waals surface area contributed by atoms with E-state index in [0.717, 1.165) is 38.4 Å². The number of carbonyl (C=O) groups is 1. The van der Waals surface area contributed by atoms with Crippen molar-refractivity contribution in [2.24, 2.45) is 0 Å². The molecular weight excluding hydrogens is 350 g/mol. The maximum atomic E-state index is 12.3. The normalized spacial score (nSPS) is 11.8. The fourth-order valence-electron chi connectivity index (χ4n) is 2.72. The molecule has 0 saturated heterocycles. The third-order valence-corrected chi connectivity index (χ3v) is 4.86. The van der Waals surface area contributed by atoms with Gasteiger partial charge in [0, 0.05) is 23.1 Å². The van der Waals surface area contributed by atoms with Crippen LogP contribution in [0.2, 0.25) is 0 Å². The van der Waals surface area contributed by atoms with Crippen molar-refractivity contribution in [1.29, 1.82) is 0 Å². The monoisotopic (exact) mass is 371 g/mol. The van der Waals surface area contributed by atoms with Crippen LogP contribution in [0.5, 0.6) is 5.75 Å². The summed E-state index contributed by atoms with van der Waals surface area (Å²) in [5.74, 6) is 1.33. The number of benzene rings is 1. The minimum atomic E-state index is -0.249. The van der Waals surface area contributed by atoms with Crippen molar-refractivity contribution in [3.8, 4) is 5.75 Å². The maximum absolute atomic E-state index is 12.3. The number of hydrogen-bond acceptors (Lipinski definition) is 6. The number of amides is 1. The molecule has 2 heterocycles. The number of nitrogens with zero attached hydrogens (tertiary/aromatic N) is 2. The van der Waals surface area contributed by atoms with E-state index in [1.54, 1.807) is 6.08 Å². The molecular formula is C19H21N3O3S. The first-order valence-electron chi connectivity index (χ1n) is 8.35. The van der Waals surface area contributed by atoms with Gasteiger partial charge in [-0.25, -0.2) is 0 Å². The Hall–Kier alpha value is -2.67. The van der Waals surface area contributed by atoms with Gasteiger partial charge in [0.15, 0.2) is 0 Å². The van der Waals surface area contributed by atoms with Crippen LogP contribution in [0.4, 0.5) is 5.13 Å². The van der Waals surface area contributed by atoms with Gasteiger partial charge in [0.25, 0.3) is 0 Å². The number of anilines is 1. The summed E-state index contributed by atoms with van der Waals surface area (Å²) >= 11 is 1.34. The quantitative estimate of drug-likeness (QED) is 0.661. The molecule has 3 rings (SSSR count). The highest BCUT2D eigenvalue weighted by molar-refractivity contribution is 7.15. The summed E-state index contributed by atoms with van der Waals surface area (Å²) in [6, 6.07) is 3.90. The molecule has 0 fully saturated rings. The second-order valence-corrected chi connectivity index (χ2v) is 7.19. The number of rotatable bonds is 5. The van der Waals surface area contributed by atoms with Crippen molar-refractivity contribution in [3.05, 3.63) is 40.1 Å². The van der Waals surface area contributed by atoms with E-state index in [2.05, 4.69) is 15.5 Å². The minimum Gasteiger partial charge on any atom is -0.493 e. The van der Waals surface area contributed by atoms with Crippen LogP contribution in [0.1, 0.15) is 35.7 Å². The predicted molar refractivity (Wildman–Crippen MR) is 104 cm³/mol. The van der Waals surface area contributed by atoms with E-state index in [9.17, 15) is 4.79 Å². The lowest BCUT2D eigenvalue weighted by atomic mass is 10.0. The number of allylic oxidation sites excluding steroid dienone is 1. The molecule has 0 aliphatic rings. The van der Waals surface area contributed by atoms with Crippen LogP contribution < -0.4 is 10.1 Å². The second kappa shape index (κ2) is 7.29. The molecule has 6 nitrogen and oxygen atoms in total. The van der Waals surface area contributed by atoms with E-state index in [1.807, 2.05) is 46.8 Å². The standard InChI is InChI=1S/C19H21N3O3S/c1-6-24-16-9-17-15(11(3)12(4)25-17)8-14(16)10(2)7-18(23)20-19-22-21-13(5)26-19/h7-9H,6H2,1-5H3,(H,20,22,23)/b10-7+. The molecule has 0 atom stereocenters. The van der Waals surface area contributed by atoms with Crippen molar-refractivity contribution in [2.75, 3.05) is 11.9 Å². The molecule has 0 unspecified atom stereocenters. The average molecular weight is 371 g/mol. The molecule has 1 amide bonds. The van der Waals surface area contributed by atoms with E-state index in [1.165, 1.54) is 11.3 Å². The summed E-state index contributed by atoms with van der Waals surface area (Å²) in [4.78, 5) is 12.3. The molecule has 0 aliphatic carbocycles. The van der Waals surface area contributed by atoms with Crippen LogP contribution >= 0.6 is 11.3 Å². The van der Waals surface area contributed by atoms with Gasteiger partial charge in [-0.05, 0) is 51.8 Å². The lowest BCUT2D eigenvalue weighted by Gasteiger charge is -2.11. The SMILES string of the molecule is CCOc1cc2oc(C)c(C)c2cc1/C(C)=C/C(=O)Nc1nnc(C)s1. The molecule has 0 radical (unpaired) electrons. The van der Waals surface area contributed by atoms with E-state index < -0.39 is 0 Å². The number of fused-ring (bicyclic) bond motifs is 1. The van der Waals surface area contributed by atoms with Gasteiger partial charge in [0.05, 0.1) is 6.61 Å². The number of furan rings is 1. The van der Waals surface area contributed by atoms with Crippen molar-refractivity contribution in [2.45, 2.75) is 34.6 Å². The smallest absolute Gasteiger partial charge is 0.250 e. The summed E-state index contributed by atoms with van der Waals surface area (Å²) < 4.78 is 11.6. The molecule has 26 heavy (non-hydrogen) atoms. The van der Waals surface area contributed by atoms with Crippen molar-refractivity contribution in [3.63, 3.8) is 0 Å². The summed E-state index contributed by atoms with van der Waals surface area (Å²) in [6.45, 7) is 10.1. The maximum Gasteiger partial charge on any atom is 0.250 e. The molecule has 2 aromatic heterocycles. The molecule has 0 saturated carbocycles. The Morgan fingerprint density at radius 1 is 1.31 bits per heavy atom. The Balaban J connectivity index is 1.97. The Kier molecular flexibility index (Phi) is 5.08. The Morgan fingerprint density at radius 2 is 2.08 bits per heavy atom. The van der Waals surface area contributed by atoms with Crippen LogP contribution in [0.3, 0.4) is 0 Å².